The number of carboxylic acids is 1. The summed E-state index contributed by atoms with van der Waals surface area (Å²) in [6, 6.07) is 3.31. The molecule has 0 fully saturated rings. The number of benzene rings is 1. The quantitative estimate of drug-likeness (QED) is 0.776. The van der Waals surface area contributed by atoms with E-state index in [0.717, 1.165) is 6.29 Å². The molecule has 2 rings (SSSR count). The molecule has 0 amide bonds. The molecule has 0 aromatic heterocycles. The maximum absolute atomic E-state index is 11.1. The standard InChI is InChI=1S/C11H10O5/c12-5-1-2-7-3-4-8-10(16-6-15-8)9(7)11(13)14/h3-5H,1-2,6H2,(H,13,14). The highest BCUT2D eigenvalue weighted by molar-refractivity contribution is 5.94. The van der Waals surface area contributed by atoms with Crippen molar-refractivity contribution < 1.29 is 24.2 Å². The summed E-state index contributed by atoms with van der Waals surface area (Å²) in [6.45, 7) is 0.0345. The molecule has 0 saturated carbocycles. The van der Waals surface area contributed by atoms with Gasteiger partial charge in [-0.1, -0.05) is 6.07 Å². The van der Waals surface area contributed by atoms with Crippen molar-refractivity contribution in [1.29, 1.82) is 0 Å². The second-order valence-corrected chi connectivity index (χ2v) is 3.34. The number of carbonyl (C=O) groups excluding carboxylic acids is 1. The van der Waals surface area contributed by atoms with Crippen LogP contribution in [0.2, 0.25) is 0 Å². The van der Waals surface area contributed by atoms with Crippen LogP contribution in [0.4, 0.5) is 0 Å². The molecule has 0 unspecified atom stereocenters. The topological polar surface area (TPSA) is 72.8 Å². The van der Waals surface area contributed by atoms with Gasteiger partial charge in [0.15, 0.2) is 11.5 Å². The summed E-state index contributed by atoms with van der Waals surface area (Å²) < 4.78 is 10.2. The summed E-state index contributed by atoms with van der Waals surface area (Å²) in [5.41, 5.74) is 0.681. The highest BCUT2D eigenvalue weighted by Crippen LogP contribution is 2.37. The van der Waals surface area contributed by atoms with E-state index in [2.05, 4.69) is 0 Å². The van der Waals surface area contributed by atoms with E-state index in [1.54, 1.807) is 12.1 Å². The number of fused-ring (bicyclic) bond motifs is 1. The molecule has 84 valence electrons. The fourth-order valence-electron chi connectivity index (χ4n) is 1.67. The highest BCUT2D eigenvalue weighted by atomic mass is 16.7. The van der Waals surface area contributed by atoms with Gasteiger partial charge in [0.05, 0.1) is 0 Å². The Morgan fingerprint density at radius 2 is 2.25 bits per heavy atom. The third-order valence-corrected chi connectivity index (χ3v) is 2.37. The van der Waals surface area contributed by atoms with Crippen molar-refractivity contribution in [3.05, 3.63) is 23.3 Å². The van der Waals surface area contributed by atoms with Gasteiger partial charge < -0.3 is 19.4 Å². The monoisotopic (exact) mass is 222 g/mol. The van der Waals surface area contributed by atoms with E-state index in [1.807, 2.05) is 0 Å². The first-order valence-corrected chi connectivity index (χ1v) is 4.82. The Kier molecular flexibility index (Phi) is 2.76. The number of rotatable bonds is 4. The third-order valence-electron chi connectivity index (χ3n) is 2.37. The second kappa shape index (κ2) is 4.22. The number of aldehydes is 1. The van der Waals surface area contributed by atoms with E-state index in [-0.39, 0.29) is 18.1 Å². The maximum Gasteiger partial charge on any atom is 0.339 e. The molecule has 1 aliphatic rings. The summed E-state index contributed by atoms with van der Waals surface area (Å²) >= 11 is 0. The average molecular weight is 222 g/mol. The Bertz CT molecular complexity index is 438. The number of aryl methyl sites for hydroxylation is 1. The van der Waals surface area contributed by atoms with Crippen LogP contribution in [0, 0.1) is 0 Å². The van der Waals surface area contributed by atoms with Gasteiger partial charge in [0, 0.05) is 6.42 Å². The van der Waals surface area contributed by atoms with Gasteiger partial charge in [0.2, 0.25) is 6.79 Å². The first-order chi connectivity index (χ1) is 7.74. The molecule has 0 radical (unpaired) electrons. The first kappa shape index (κ1) is 10.5. The number of ether oxygens (including phenoxy) is 2. The lowest BCUT2D eigenvalue weighted by molar-refractivity contribution is -0.107. The Labute approximate surface area is 91.6 Å². The van der Waals surface area contributed by atoms with Gasteiger partial charge in [0.25, 0.3) is 0 Å². The summed E-state index contributed by atoms with van der Waals surface area (Å²) in [7, 11) is 0. The first-order valence-electron chi connectivity index (χ1n) is 4.82. The maximum atomic E-state index is 11.1. The van der Waals surface area contributed by atoms with Crippen LogP contribution in [0.25, 0.3) is 0 Å². The Morgan fingerprint density at radius 3 is 2.94 bits per heavy atom. The molecule has 0 saturated heterocycles. The molecule has 0 bridgehead atoms. The van der Waals surface area contributed by atoms with Crippen molar-refractivity contribution in [3.8, 4) is 11.5 Å². The minimum absolute atomic E-state index is 0.0345. The summed E-state index contributed by atoms with van der Waals surface area (Å²) in [5.74, 6) is -0.369. The van der Waals surface area contributed by atoms with Crippen LogP contribution >= 0.6 is 0 Å². The van der Waals surface area contributed by atoms with Crippen LogP contribution in [0.3, 0.4) is 0 Å². The van der Waals surface area contributed by atoms with Gasteiger partial charge in [-0.05, 0) is 18.1 Å². The van der Waals surface area contributed by atoms with E-state index < -0.39 is 5.97 Å². The zero-order chi connectivity index (χ0) is 11.5. The lowest BCUT2D eigenvalue weighted by Gasteiger charge is -2.07. The molecule has 0 spiro atoms. The third kappa shape index (κ3) is 1.71. The minimum Gasteiger partial charge on any atom is -0.478 e. The fourth-order valence-corrected chi connectivity index (χ4v) is 1.67. The van der Waals surface area contributed by atoms with Crippen LogP contribution in [-0.4, -0.2) is 24.2 Å². The predicted octanol–water partition coefficient (Wildman–Crippen LogP) is 1.25. The fraction of sp³-hybridized carbons (Fsp3) is 0.273. The van der Waals surface area contributed by atoms with Crippen LogP contribution in [-0.2, 0) is 11.2 Å². The van der Waals surface area contributed by atoms with E-state index in [9.17, 15) is 9.59 Å². The van der Waals surface area contributed by atoms with Crippen LogP contribution < -0.4 is 9.47 Å². The summed E-state index contributed by atoms with van der Waals surface area (Å²) in [4.78, 5) is 21.4. The van der Waals surface area contributed by atoms with E-state index in [1.165, 1.54) is 0 Å². The number of carbonyl (C=O) groups is 2. The van der Waals surface area contributed by atoms with Gasteiger partial charge in [-0.25, -0.2) is 4.79 Å². The molecule has 1 aromatic carbocycles. The molecular weight excluding hydrogens is 212 g/mol. The molecule has 5 heteroatoms. The van der Waals surface area contributed by atoms with Crippen molar-refractivity contribution in [2.24, 2.45) is 0 Å². The second-order valence-electron chi connectivity index (χ2n) is 3.34. The van der Waals surface area contributed by atoms with Crippen LogP contribution in [0.1, 0.15) is 22.3 Å². The normalized spacial score (nSPS) is 12.5. The average Bonchev–Trinajstić information content (AvgIpc) is 2.72. The minimum atomic E-state index is -1.07. The number of aromatic carboxylic acids is 1. The summed E-state index contributed by atoms with van der Waals surface area (Å²) in [6.07, 6.45) is 1.44. The molecule has 1 N–H and O–H groups in total. The van der Waals surface area contributed by atoms with Crippen molar-refractivity contribution >= 4 is 12.3 Å². The smallest absolute Gasteiger partial charge is 0.339 e. The molecular formula is C11H10O5. The van der Waals surface area contributed by atoms with Gasteiger partial charge in [-0.15, -0.1) is 0 Å². The van der Waals surface area contributed by atoms with Crippen molar-refractivity contribution in [3.63, 3.8) is 0 Å². The van der Waals surface area contributed by atoms with Crippen molar-refractivity contribution in [2.75, 3.05) is 6.79 Å². The van der Waals surface area contributed by atoms with Crippen LogP contribution in [0.15, 0.2) is 12.1 Å². The Morgan fingerprint density at radius 1 is 1.44 bits per heavy atom. The van der Waals surface area contributed by atoms with Crippen molar-refractivity contribution in [1.82, 2.24) is 0 Å². The molecule has 1 heterocycles. The molecule has 0 atom stereocenters. The van der Waals surface area contributed by atoms with Crippen molar-refractivity contribution in [2.45, 2.75) is 12.8 Å². The largest absolute Gasteiger partial charge is 0.478 e. The highest BCUT2D eigenvalue weighted by Gasteiger charge is 2.24. The summed E-state index contributed by atoms with van der Waals surface area (Å²) in [5, 5.41) is 9.11. The number of hydrogen-bond acceptors (Lipinski definition) is 4. The molecule has 16 heavy (non-hydrogen) atoms. The lowest BCUT2D eigenvalue weighted by atomic mass is 10.0. The van der Waals surface area contributed by atoms with Gasteiger partial charge >= 0.3 is 5.97 Å². The predicted molar refractivity (Wildman–Crippen MR) is 53.9 cm³/mol. The van der Waals surface area contributed by atoms with E-state index in [4.69, 9.17) is 14.6 Å². The van der Waals surface area contributed by atoms with Gasteiger partial charge in [-0.3, -0.25) is 0 Å². The number of carboxylic acid groups (broad SMARTS) is 1. The van der Waals surface area contributed by atoms with Crippen LogP contribution in [0.5, 0.6) is 11.5 Å². The van der Waals surface area contributed by atoms with Gasteiger partial charge in [0.1, 0.15) is 11.8 Å². The Hall–Kier alpha value is -2.04. The lowest BCUT2D eigenvalue weighted by Crippen LogP contribution is -2.05. The number of hydrogen-bond donors (Lipinski definition) is 1. The molecule has 1 aromatic rings. The molecule has 1 aliphatic heterocycles. The van der Waals surface area contributed by atoms with E-state index >= 15 is 0 Å². The Balaban J connectivity index is 2.45. The van der Waals surface area contributed by atoms with Gasteiger partial charge in [-0.2, -0.15) is 0 Å². The molecule has 5 nitrogen and oxygen atoms in total. The van der Waals surface area contributed by atoms with E-state index in [0.29, 0.717) is 24.2 Å². The zero-order valence-corrected chi connectivity index (χ0v) is 8.43. The molecule has 0 aliphatic carbocycles. The zero-order valence-electron chi connectivity index (χ0n) is 8.43. The SMILES string of the molecule is O=CCCc1ccc2c(c1C(=O)O)OCO2.